The van der Waals surface area contributed by atoms with Gasteiger partial charge >= 0.3 is 11.9 Å². The van der Waals surface area contributed by atoms with Gasteiger partial charge in [0.1, 0.15) is 0 Å². The van der Waals surface area contributed by atoms with Crippen LogP contribution in [-0.2, 0) is 11.2 Å². The molecule has 0 saturated carbocycles. The van der Waals surface area contributed by atoms with E-state index in [9.17, 15) is 9.59 Å². The molecule has 0 radical (unpaired) electrons. The molecule has 0 aliphatic rings. The van der Waals surface area contributed by atoms with Gasteiger partial charge in [-0.15, -0.1) is 0 Å². The summed E-state index contributed by atoms with van der Waals surface area (Å²) < 4.78 is 0. The maximum Gasteiger partial charge on any atom is 0.356 e. The number of carbonyl (C=O) groups is 2. The van der Waals surface area contributed by atoms with Crippen LogP contribution in [-0.4, -0.2) is 32.1 Å². The van der Waals surface area contributed by atoms with Gasteiger partial charge in [-0.25, -0.2) is 9.78 Å². The summed E-state index contributed by atoms with van der Waals surface area (Å²) in [6.45, 7) is 0. The molecular weight excluding hydrogens is 188 g/mol. The molecule has 0 aromatic carbocycles. The molecule has 1 aromatic rings. The monoisotopic (exact) mass is 196 g/mol. The van der Waals surface area contributed by atoms with Crippen molar-refractivity contribution in [3.05, 3.63) is 23.8 Å². The van der Waals surface area contributed by atoms with Crippen molar-refractivity contribution in [2.45, 2.75) is 12.8 Å². The minimum atomic E-state index is -1.15. The highest BCUT2D eigenvalue weighted by atomic mass is 16.4. The summed E-state index contributed by atoms with van der Waals surface area (Å²) in [6, 6.07) is 0. The first-order valence-electron chi connectivity index (χ1n) is 3.85. The van der Waals surface area contributed by atoms with Gasteiger partial charge in [-0.05, 0) is 0 Å². The lowest BCUT2D eigenvalue weighted by Gasteiger charge is -1.97. The SMILES string of the molecule is O=C(O)CCc1cnc(C(=O)O)cn1. The van der Waals surface area contributed by atoms with Gasteiger partial charge in [0.05, 0.1) is 18.3 Å². The zero-order valence-corrected chi connectivity index (χ0v) is 7.17. The van der Waals surface area contributed by atoms with Crippen molar-refractivity contribution in [3.63, 3.8) is 0 Å². The molecule has 0 bridgehead atoms. The zero-order valence-electron chi connectivity index (χ0n) is 7.17. The second-order valence-corrected chi connectivity index (χ2v) is 2.59. The van der Waals surface area contributed by atoms with Gasteiger partial charge in [0.15, 0.2) is 5.69 Å². The fraction of sp³-hybridized carbons (Fsp3) is 0.250. The molecule has 1 rings (SSSR count). The van der Waals surface area contributed by atoms with Crippen molar-refractivity contribution in [3.8, 4) is 0 Å². The van der Waals surface area contributed by atoms with Crippen LogP contribution in [0.3, 0.4) is 0 Å². The lowest BCUT2D eigenvalue weighted by Crippen LogP contribution is -2.04. The van der Waals surface area contributed by atoms with Gasteiger partial charge in [-0.2, -0.15) is 0 Å². The number of hydrogen-bond acceptors (Lipinski definition) is 4. The van der Waals surface area contributed by atoms with Crippen molar-refractivity contribution in [1.82, 2.24) is 9.97 Å². The molecule has 74 valence electrons. The predicted octanol–water partition coefficient (Wildman–Crippen LogP) is 0.192. The fourth-order valence-electron chi connectivity index (χ4n) is 0.829. The van der Waals surface area contributed by atoms with Crippen molar-refractivity contribution in [1.29, 1.82) is 0 Å². The number of carboxylic acid groups (broad SMARTS) is 2. The van der Waals surface area contributed by atoms with Crippen LogP contribution in [0.5, 0.6) is 0 Å². The first kappa shape index (κ1) is 10.1. The maximum atomic E-state index is 10.4. The highest BCUT2D eigenvalue weighted by Crippen LogP contribution is 1.99. The van der Waals surface area contributed by atoms with Crippen molar-refractivity contribution in [2.24, 2.45) is 0 Å². The number of aliphatic carboxylic acids is 1. The van der Waals surface area contributed by atoms with E-state index < -0.39 is 11.9 Å². The molecule has 0 saturated heterocycles. The van der Waals surface area contributed by atoms with Crippen molar-refractivity contribution < 1.29 is 19.8 Å². The number of aromatic carboxylic acids is 1. The standard InChI is InChI=1S/C8H8N2O4/c11-7(12)2-1-5-3-10-6(4-9-5)8(13)14/h3-4H,1-2H2,(H,11,12)(H,13,14). The van der Waals surface area contributed by atoms with E-state index in [4.69, 9.17) is 10.2 Å². The van der Waals surface area contributed by atoms with Gasteiger partial charge in [-0.3, -0.25) is 9.78 Å². The first-order valence-corrected chi connectivity index (χ1v) is 3.85. The van der Waals surface area contributed by atoms with Crippen LogP contribution in [0.2, 0.25) is 0 Å². The van der Waals surface area contributed by atoms with Crippen LogP contribution in [0, 0.1) is 0 Å². The Hall–Kier alpha value is -1.98. The largest absolute Gasteiger partial charge is 0.481 e. The lowest BCUT2D eigenvalue weighted by molar-refractivity contribution is -0.136. The molecule has 0 unspecified atom stereocenters. The molecule has 1 aromatic heterocycles. The normalized spacial score (nSPS) is 9.71. The van der Waals surface area contributed by atoms with Crippen molar-refractivity contribution >= 4 is 11.9 Å². The smallest absolute Gasteiger partial charge is 0.356 e. The lowest BCUT2D eigenvalue weighted by atomic mass is 10.2. The van der Waals surface area contributed by atoms with E-state index in [1.54, 1.807) is 0 Å². The Morgan fingerprint density at radius 3 is 2.36 bits per heavy atom. The minimum Gasteiger partial charge on any atom is -0.481 e. The first-order chi connectivity index (χ1) is 6.59. The molecule has 2 N–H and O–H groups in total. The Kier molecular flexibility index (Phi) is 3.11. The molecule has 6 heteroatoms. The van der Waals surface area contributed by atoms with E-state index >= 15 is 0 Å². The number of aromatic nitrogens is 2. The molecule has 0 atom stereocenters. The summed E-state index contributed by atoms with van der Waals surface area (Å²) in [7, 11) is 0. The summed E-state index contributed by atoms with van der Waals surface area (Å²) in [5, 5.41) is 16.9. The number of rotatable bonds is 4. The van der Waals surface area contributed by atoms with Gasteiger partial charge in [0.2, 0.25) is 0 Å². The highest BCUT2D eigenvalue weighted by Gasteiger charge is 2.05. The average molecular weight is 196 g/mol. The van der Waals surface area contributed by atoms with E-state index in [-0.39, 0.29) is 18.5 Å². The van der Waals surface area contributed by atoms with E-state index in [1.807, 2.05) is 0 Å². The molecular formula is C8H8N2O4. The number of carboxylic acids is 2. The van der Waals surface area contributed by atoms with Gasteiger partial charge < -0.3 is 10.2 Å². The number of hydrogen-bond donors (Lipinski definition) is 2. The summed E-state index contributed by atoms with van der Waals surface area (Å²) in [5.41, 5.74) is 0.321. The third-order valence-electron chi connectivity index (χ3n) is 1.52. The van der Waals surface area contributed by atoms with E-state index in [0.29, 0.717) is 5.69 Å². The molecule has 6 nitrogen and oxygen atoms in total. The van der Waals surface area contributed by atoms with Gasteiger partial charge in [0, 0.05) is 12.6 Å². The summed E-state index contributed by atoms with van der Waals surface area (Å²) in [4.78, 5) is 28.0. The minimum absolute atomic E-state index is 0.0406. The molecule has 0 spiro atoms. The van der Waals surface area contributed by atoms with Crippen molar-refractivity contribution in [2.75, 3.05) is 0 Å². The maximum absolute atomic E-state index is 10.4. The molecule has 0 aliphatic heterocycles. The Bertz CT molecular complexity index is 347. The predicted molar refractivity (Wildman–Crippen MR) is 44.9 cm³/mol. The second kappa shape index (κ2) is 4.31. The van der Waals surface area contributed by atoms with E-state index in [1.165, 1.54) is 6.20 Å². The van der Waals surface area contributed by atoms with Crippen LogP contribution < -0.4 is 0 Å². The molecule has 1 heterocycles. The molecule has 0 amide bonds. The van der Waals surface area contributed by atoms with Gasteiger partial charge in [-0.1, -0.05) is 0 Å². The third-order valence-corrected chi connectivity index (χ3v) is 1.52. The topological polar surface area (TPSA) is 100 Å². The second-order valence-electron chi connectivity index (χ2n) is 2.59. The molecule has 14 heavy (non-hydrogen) atoms. The molecule has 0 fully saturated rings. The Morgan fingerprint density at radius 1 is 1.21 bits per heavy atom. The van der Waals surface area contributed by atoms with E-state index in [0.717, 1.165) is 6.20 Å². The molecule has 0 aliphatic carbocycles. The Morgan fingerprint density at radius 2 is 1.93 bits per heavy atom. The summed E-state index contributed by atoms with van der Waals surface area (Å²) in [5.74, 6) is -2.07. The van der Waals surface area contributed by atoms with Crippen LogP contribution in [0.1, 0.15) is 22.6 Å². The Balaban J connectivity index is 2.64. The summed E-state index contributed by atoms with van der Waals surface area (Å²) in [6.07, 6.45) is 2.59. The Labute approximate surface area is 79.2 Å². The third kappa shape index (κ3) is 2.81. The van der Waals surface area contributed by atoms with Crippen LogP contribution in [0.4, 0.5) is 0 Å². The van der Waals surface area contributed by atoms with Gasteiger partial charge in [0.25, 0.3) is 0 Å². The van der Waals surface area contributed by atoms with Crippen LogP contribution in [0.25, 0.3) is 0 Å². The fourth-order valence-corrected chi connectivity index (χ4v) is 0.829. The zero-order chi connectivity index (χ0) is 10.6. The number of nitrogens with zero attached hydrogens (tertiary/aromatic N) is 2. The highest BCUT2D eigenvalue weighted by molar-refractivity contribution is 5.84. The van der Waals surface area contributed by atoms with Crippen LogP contribution >= 0.6 is 0 Å². The van der Waals surface area contributed by atoms with E-state index in [2.05, 4.69) is 9.97 Å². The number of aryl methyl sites for hydroxylation is 1. The van der Waals surface area contributed by atoms with Crippen LogP contribution in [0.15, 0.2) is 12.4 Å². The average Bonchev–Trinajstić information content (AvgIpc) is 2.15. The summed E-state index contributed by atoms with van der Waals surface area (Å²) >= 11 is 0. The quantitative estimate of drug-likeness (QED) is 0.713.